The van der Waals surface area contributed by atoms with Gasteiger partial charge < -0.3 is 4.90 Å². The number of hydrogen-bond acceptors (Lipinski definition) is 5. The number of rotatable bonds is 6. The van der Waals surface area contributed by atoms with Gasteiger partial charge in [0.1, 0.15) is 6.04 Å². The summed E-state index contributed by atoms with van der Waals surface area (Å²) in [7, 11) is 0. The normalized spacial score (nSPS) is 27.6. The summed E-state index contributed by atoms with van der Waals surface area (Å²) in [6, 6.07) is -0.694. The van der Waals surface area contributed by atoms with E-state index in [0.29, 0.717) is 38.3 Å². The third-order valence-electron chi connectivity index (χ3n) is 6.58. The van der Waals surface area contributed by atoms with Crippen LogP contribution in [-0.4, -0.2) is 61.6 Å². The molecule has 4 atom stereocenters. The second-order valence-electron chi connectivity index (χ2n) is 9.27. The summed E-state index contributed by atoms with van der Waals surface area (Å²) < 4.78 is 1.80. The van der Waals surface area contributed by atoms with E-state index in [1.165, 1.54) is 4.90 Å². The lowest BCUT2D eigenvalue weighted by molar-refractivity contribution is -0.153. The molecule has 8 heteroatoms. The molecule has 2 fully saturated rings. The number of fused-ring (bicyclic) bond motifs is 1. The summed E-state index contributed by atoms with van der Waals surface area (Å²) in [6.45, 7) is 6.08. The van der Waals surface area contributed by atoms with Crippen molar-refractivity contribution in [3.63, 3.8) is 0 Å². The van der Waals surface area contributed by atoms with Crippen LogP contribution in [-0.2, 0) is 20.9 Å². The lowest BCUT2D eigenvalue weighted by Crippen LogP contribution is -2.54. The lowest BCUT2D eigenvalue weighted by atomic mass is 9.85. The van der Waals surface area contributed by atoms with Crippen molar-refractivity contribution < 1.29 is 14.4 Å². The number of aromatic nitrogens is 3. The topological polar surface area (TPSA) is 88.4 Å². The van der Waals surface area contributed by atoms with Crippen molar-refractivity contribution in [2.45, 2.75) is 58.5 Å². The molecule has 1 aromatic heterocycles. The number of hydrogen-bond donors (Lipinski definition) is 0. The number of carbonyl (C=O) groups is 3. The minimum Gasteiger partial charge on any atom is -0.341 e. The molecule has 8 nitrogen and oxygen atoms in total. The Balaban J connectivity index is 1.51. The van der Waals surface area contributed by atoms with Crippen molar-refractivity contribution in [2.75, 3.05) is 13.1 Å². The zero-order valence-corrected chi connectivity index (χ0v) is 17.8. The Labute approximate surface area is 177 Å². The van der Waals surface area contributed by atoms with Crippen LogP contribution in [0.15, 0.2) is 24.5 Å². The Hall–Kier alpha value is -2.51. The van der Waals surface area contributed by atoms with Crippen LogP contribution in [0.25, 0.3) is 0 Å². The Bertz CT molecular complexity index is 793. The fourth-order valence-corrected chi connectivity index (χ4v) is 5.12. The van der Waals surface area contributed by atoms with Gasteiger partial charge in [-0.25, -0.2) is 0 Å². The zero-order chi connectivity index (χ0) is 21.3. The first-order valence-electron chi connectivity index (χ1n) is 11.1. The Morgan fingerprint density at radius 2 is 1.87 bits per heavy atom. The largest absolute Gasteiger partial charge is 0.341 e. The highest BCUT2D eigenvalue weighted by Gasteiger charge is 2.51. The first kappa shape index (κ1) is 20.8. The van der Waals surface area contributed by atoms with Crippen molar-refractivity contribution in [3.05, 3.63) is 24.5 Å². The van der Waals surface area contributed by atoms with E-state index in [2.05, 4.69) is 10.3 Å². The predicted octanol–water partition coefficient (Wildman–Crippen LogP) is 1.88. The van der Waals surface area contributed by atoms with E-state index in [-0.39, 0.29) is 35.5 Å². The molecule has 30 heavy (non-hydrogen) atoms. The fourth-order valence-electron chi connectivity index (χ4n) is 5.12. The lowest BCUT2D eigenvalue weighted by Gasteiger charge is -2.37. The molecule has 3 amide bonds. The van der Waals surface area contributed by atoms with E-state index in [1.807, 2.05) is 37.1 Å². The molecule has 0 aromatic carbocycles. The molecule has 4 rings (SSSR count). The van der Waals surface area contributed by atoms with Gasteiger partial charge in [0.2, 0.25) is 17.7 Å². The maximum Gasteiger partial charge on any atom is 0.245 e. The molecule has 1 aromatic rings. The number of carbonyl (C=O) groups excluding carboxylic acids is 3. The molecule has 0 N–H and O–H groups in total. The fraction of sp³-hybridized carbons (Fsp3) is 0.682. The van der Waals surface area contributed by atoms with Gasteiger partial charge in [0.15, 0.2) is 0 Å². The van der Waals surface area contributed by atoms with E-state index < -0.39 is 6.04 Å². The Kier molecular flexibility index (Phi) is 6.01. The van der Waals surface area contributed by atoms with E-state index in [0.717, 1.165) is 19.4 Å². The highest BCUT2D eigenvalue weighted by atomic mass is 16.2. The van der Waals surface area contributed by atoms with Gasteiger partial charge in [0.05, 0.1) is 18.0 Å². The van der Waals surface area contributed by atoms with E-state index in [4.69, 9.17) is 0 Å². The molecule has 2 saturated heterocycles. The average Bonchev–Trinajstić information content (AvgIpc) is 3.33. The minimum absolute atomic E-state index is 0.0831. The molecule has 0 saturated carbocycles. The zero-order valence-electron chi connectivity index (χ0n) is 17.8. The van der Waals surface area contributed by atoms with Crippen molar-refractivity contribution in [1.29, 1.82) is 0 Å². The third-order valence-corrected chi connectivity index (χ3v) is 6.58. The molecule has 0 spiro atoms. The molecular weight excluding hydrogens is 382 g/mol. The molecule has 0 radical (unpaired) electrons. The molecule has 1 aliphatic carbocycles. The quantitative estimate of drug-likeness (QED) is 0.525. The van der Waals surface area contributed by atoms with Crippen LogP contribution in [0.4, 0.5) is 0 Å². The van der Waals surface area contributed by atoms with Gasteiger partial charge >= 0.3 is 0 Å². The molecule has 162 valence electrons. The van der Waals surface area contributed by atoms with E-state index in [9.17, 15) is 14.4 Å². The highest BCUT2D eigenvalue weighted by Crippen LogP contribution is 2.37. The maximum atomic E-state index is 13.6. The van der Waals surface area contributed by atoms with Crippen molar-refractivity contribution >= 4 is 17.7 Å². The van der Waals surface area contributed by atoms with Crippen LogP contribution >= 0.6 is 0 Å². The molecule has 0 unspecified atom stereocenters. The Morgan fingerprint density at radius 3 is 2.47 bits per heavy atom. The first-order valence-corrected chi connectivity index (χ1v) is 11.1. The second kappa shape index (κ2) is 8.70. The van der Waals surface area contributed by atoms with Crippen LogP contribution in [0.2, 0.25) is 0 Å². The van der Waals surface area contributed by atoms with Crippen LogP contribution in [0.3, 0.4) is 0 Å². The summed E-state index contributed by atoms with van der Waals surface area (Å²) in [5.74, 6) is -0.510. The standard InChI is InChI=1S/C22H31N5O3/c1-15(2)12-19(27-20(28)17-7-3-4-8-18(17)21(27)29)22(30)25-10-5-6-16(13-25)14-26-11-9-23-24-26/h3-4,9,11,15-19H,5-8,10,12-14H2,1-2H3/t16-,17+,18+,19+/m0/s1. The third kappa shape index (κ3) is 4.04. The van der Waals surface area contributed by atoms with Crippen molar-refractivity contribution in [3.8, 4) is 0 Å². The number of allylic oxidation sites excluding steroid dienone is 2. The van der Waals surface area contributed by atoms with Gasteiger partial charge in [0.25, 0.3) is 0 Å². The van der Waals surface area contributed by atoms with E-state index >= 15 is 0 Å². The molecule has 0 bridgehead atoms. The molecule has 3 aliphatic rings. The highest BCUT2D eigenvalue weighted by molar-refractivity contribution is 6.08. The molecule has 2 aliphatic heterocycles. The second-order valence-corrected chi connectivity index (χ2v) is 9.27. The van der Waals surface area contributed by atoms with Gasteiger partial charge in [-0.2, -0.15) is 0 Å². The summed E-state index contributed by atoms with van der Waals surface area (Å²) in [5.41, 5.74) is 0. The Morgan fingerprint density at radius 1 is 1.17 bits per heavy atom. The minimum atomic E-state index is -0.694. The van der Waals surface area contributed by atoms with Gasteiger partial charge in [-0.1, -0.05) is 31.2 Å². The number of piperidine rings is 1. The van der Waals surface area contributed by atoms with Crippen LogP contribution in [0.1, 0.15) is 46.0 Å². The van der Waals surface area contributed by atoms with Crippen LogP contribution in [0.5, 0.6) is 0 Å². The maximum absolute atomic E-state index is 13.6. The first-order chi connectivity index (χ1) is 14.5. The smallest absolute Gasteiger partial charge is 0.245 e. The summed E-state index contributed by atoms with van der Waals surface area (Å²) in [5, 5.41) is 7.89. The number of likely N-dealkylation sites (tertiary alicyclic amines) is 2. The number of imide groups is 1. The number of nitrogens with zero attached hydrogens (tertiary/aromatic N) is 5. The van der Waals surface area contributed by atoms with Crippen LogP contribution in [0, 0.1) is 23.7 Å². The molecular formula is C22H31N5O3. The summed E-state index contributed by atoms with van der Waals surface area (Å²) in [4.78, 5) is 43.0. The van der Waals surface area contributed by atoms with Gasteiger partial charge in [-0.15, -0.1) is 5.10 Å². The average molecular weight is 414 g/mol. The summed E-state index contributed by atoms with van der Waals surface area (Å²) in [6.07, 6.45) is 11.1. The van der Waals surface area contributed by atoms with E-state index in [1.54, 1.807) is 10.9 Å². The molecule has 3 heterocycles. The van der Waals surface area contributed by atoms with Crippen molar-refractivity contribution in [2.24, 2.45) is 23.7 Å². The van der Waals surface area contributed by atoms with Crippen LogP contribution < -0.4 is 0 Å². The monoisotopic (exact) mass is 413 g/mol. The summed E-state index contributed by atoms with van der Waals surface area (Å²) >= 11 is 0. The van der Waals surface area contributed by atoms with Gasteiger partial charge in [-0.05, 0) is 43.9 Å². The predicted molar refractivity (Wildman–Crippen MR) is 110 cm³/mol. The number of amides is 3. The SMILES string of the molecule is CC(C)C[C@H](C(=O)N1CCC[C@H](Cn2ccnn2)C1)N1C(=O)[C@@H]2CC=CC[C@H]2C1=O. The van der Waals surface area contributed by atoms with Gasteiger partial charge in [0, 0.05) is 25.8 Å². The van der Waals surface area contributed by atoms with Crippen molar-refractivity contribution in [1.82, 2.24) is 24.8 Å². The van der Waals surface area contributed by atoms with Gasteiger partial charge in [-0.3, -0.25) is 24.0 Å².